The quantitative estimate of drug-likeness (QED) is 0.433. The van der Waals surface area contributed by atoms with Crippen molar-refractivity contribution in [1.29, 1.82) is 0 Å². The number of carbonyl (C=O) groups excluding carboxylic acids is 2. The Morgan fingerprint density at radius 3 is 1.17 bits per heavy atom. The van der Waals surface area contributed by atoms with Gasteiger partial charge in [0.2, 0.25) is 0 Å². The monoisotopic (exact) mass is 404 g/mol. The van der Waals surface area contributed by atoms with Crippen molar-refractivity contribution in [1.82, 2.24) is 0 Å². The maximum atomic E-state index is 12.2. The van der Waals surface area contributed by atoms with E-state index in [0.29, 0.717) is 11.4 Å². The van der Waals surface area contributed by atoms with E-state index in [1.807, 2.05) is 0 Å². The summed E-state index contributed by atoms with van der Waals surface area (Å²) >= 11 is 0. The summed E-state index contributed by atoms with van der Waals surface area (Å²) in [4.78, 5) is 52.3. The Morgan fingerprint density at radius 1 is 0.600 bits per heavy atom. The zero-order chi connectivity index (χ0) is 21.7. The van der Waals surface area contributed by atoms with Gasteiger partial charge in [-0.2, -0.15) is 0 Å². The van der Waals surface area contributed by atoms with Crippen LogP contribution in [0.4, 0.5) is 11.4 Å². The maximum absolute atomic E-state index is 12.2. The fraction of sp³-hybridized carbons (Fsp3) is 0. The fourth-order valence-electron chi connectivity index (χ4n) is 2.42. The third-order valence-electron chi connectivity index (χ3n) is 3.96. The van der Waals surface area contributed by atoms with Crippen LogP contribution in [0.2, 0.25) is 0 Å². The van der Waals surface area contributed by atoms with Gasteiger partial charge in [-0.05, 0) is 48.6 Å². The minimum absolute atomic E-state index is 0.129. The molecule has 0 aliphatic heterocycles. The number of hydrogen-bond acceptors (Lipinski definition) is 6. The second-order valence-corrected chi connectivity index (χ2v) is 5.96. The van der Waals surface area contributed by atoms with E-state index in [4.69, 9.17) is 0 Å². The van der Waals surface area contributed by atoms with Crippen LogP contribution in [0, 0.1) is 20.2 Å². The highest BCUT2D eigenvalue weighted by atomic mass is 16.6. The van der Waals surface area contributed by atoms with Crippen molar-refractivity contribution < 1.29 is 19.4 Å². The van der Waals surface area contributed by atoms with Crippen molar-refractivity contribution in [3.8, 4) is 0 Å². The van der Waals surface area contributed by atoms with Crippen molar-refractivity contribution >= 4 is 34.6 Å². The number of carbonyl (C=O) groups is 2. The largest absolute Gasteiger partial charge is 0.277 e. The van der Waals surface area contributed by atoms with Crippen LogP contribution >= 0.6 is 0 Å². The van der Waals surface area contributed by atoms with Crippen molar-refractivity contribution in [3.63, 3.8) is 0 Å². The summed E-state index contributed by atoms with van der Waals surface area (Å²) in [5.74, 6) is -1.15. The molecule has 0 saturated heterocycles. The summed E-state index contributed by atoms with van der Waals surface area (Å²) in [6, 6.07) is 10.1. The second kappa shape index (κ2) is 8.61. The van der Waals surface area contributed by atoms with E-state index in [0.717, 1.165) is 0 Å². The second-order valence-electron chi connectivity index (χ2n) is 5.96. The van der Waals surface area contributed by atoms with E-state index in [9.17, 15) is 29.8 Å². The first-order valence-corrected chi connectivity index (χ1v) is 8.44. The topological polar surface area (TPSA) is 145 Å². The van der Waals surface area contributed by atoms with E-state index >= 15 is 0 Å². The standard InChI is InChI=1S/C20H12N4O6/c25-19(13-1-9-17(10-2-13)23(27)28)21-15-5-7-16(8-6-15)22-20(26)14-3-11-18(12-4-14)24(29)30/h1-12H. The van der Waals surface area contributed by atoms with Gasteiger partial charge in [-0.1, -0.05) is 0 Å². The summed E-state index contributed by atoms with van der Waals surface area (Å²) in [6.07, 6.45) is 5.97. The van der Waals surface area contributed by atoms with E-state index in [1.54, 1.807) is 0 Å². The van der Waals surface area contributed by atoms with Gasteiger partial charge in [0.05, 0.1) is 21.3 Å². The van der Waals surface area contributed by atoms with Crippen LogP contribution in [-0.4, -0.2) is 33.1 Å². The third kappa shape index (κ3) is 4.81. The zero-order valence-electron chi connectivity index (χ0n) is 15.2. The molecule has 0 atom stereocenters. The number of aliphatic imine (C=N–C) groups is 2. The first kappa shape index (κ1) is 20.1. The summed E-state index contributed by atoms with van der Waals surface area (Å²) in [5.41, 5.74) is 0.774. The van der Waals surface area contributed by atoms with Gasteiger partial charge in [0.15, 0.2) is 0 Å². The summed E-state index contributed by atoms with van der Waals surface area (Å²) < 4.78 is 0. The number of amides is 2. The van der Waals surface area contributed by atoms with E-state index in [1.165, 1.54) is 72.8 Å². The highest BCUT2D eigenvalue weighted by Gasteiger charge is 2.11. The molecule has 0 heterocycles. The molecule has 10 heteroatoms. The van der Waals surface area contributed by atoms with Crippen molar-refractivity contribution in [2.75, 3.05) is 0 Å². The molecule has 0 fully saturated rings. The minimum atomic E-state index is -0.573. The molecule has 1 aliphatic carbocycles. The van der Waals surface area contributed by atoms with Crippen molar-refractivity contribution in [3.05, 3.63) is 104 Å². The number of rotatable bonds is 4. The van der Waals surface area contributed by atoms with Gasteiger partial charge in [-0.15, -0.1) is 0 Å². The SMILES string of the molecule is O=C(N=C1C=CC(=NC(=O)c2ccc([N+](=O)[O-])cc2)C=C1)c1ccc([N+](=O)[O-])cc1. The molecule has 0 bridgehead atoms. The van der Waals surface area contributed by atoms with Gasteiger partial charge in [0.1, 0.15) is 0 Å². The fourth-order valence-corrected chi connectivity index (χ4v) is 2.42. The summed E-state index contributed by atoms with van der Waals surface area (Å²) in [6.45, 7) is 0. The van der Waals surface area contributed by atoms with Gasteiger partial charge in [-0.25, -0.2) is 9.98 Å². The highest BCUT2D eigenvalue weighted by Crippen LogP contribution is 2.14. The van der Waals surface area contributed by atoms with Gasteiger partial charge >= 0.3 is 0 Å². The molecule has 0 radical (unpaired) electrons. The van der Waals surface area contributed by atoms with E-state index < -0.39 is 21.7 Å². The van der Waals surface area contributed by atoms with Crippen molar-refractivity contribution in [2.45, 2.75) is 0 Å². The molecule has 3 rings (SSSR count). The number of benzene rings is 2. The molecule has 148 valence electrons. The lowest BCUT2D eigenvalue weighted by atomic mass is 10.1. The van der Waals surface area contributed by atoms with Gasteiger partial charge in [0.25, 0.3) is 23.2 Å². The molecule has 2 aromatic carbocycles. The predicted molar refractivity (Wildman–Crippen MR) is 108 cm³/mol. The maximum Gasteiger partial charge on any atom is 0.277 e. The predicted octanol–water partition coefficient (Wildman–Crippen LogP) is 3.49. The Kier molecular flexibility index (Phi) is 5.78. The minimum Gasteiger partial charge on any atom is -0.267 e. The number of allylic oxidation sites excluding steroid dienone is 4. The first-order chi connectivity index (χ1) is 14.3. The number of nitro benzene ring substituents is 2. The van der Waals surface area contributed by atoms with E-state index in [2.05, 4.69) is 9.98 Å². The van der Waals surface area contributed by atoms with Crippen LogP contribution in [0.25, 0.3) is 0 Å². The van der Waals surface area contributed by atoms with Crippen LogP contribution in [0.15, 0.2) is 82.8 Å². The lowest BCUT2D eigenvalue weighted by molar-refractivity contribution is -0.385. The summed E-state index contributed by atoms with van der Waals surface area (Å²) in [5, 5.41) is 21.3. The van der Waals surface area contributed by atoms with Crippen LogP contribution < -0.4 is 0 Å². The Hall–Kier alpha value is -4.60. The Bertz CT molecular complexity index is 1050. The molecule has 2 amide bonds. The highest BCUT2D eigenvalue weighted by molar-refractivity contribution is 6.23. The Labute approximate surface area is 168 Å². The average Bonchev–Trinajstić information content (AvgIpc) is 2.75. The number of nitrogens with zero attached hydrogens (tertiary/aromatic N) is 4. The van der Waals surface area contributed by atoms with Gasteiger partial charge in [0, 0.05) is 35.4 Å². The van der Waals surface area contributed by atoms with Gasteiger partial charge < -0.3 is 0 Å². The van der Waals surface area contributed by atoms with Gasteiger partial charge in [-0.3, -0.25) is 29.8 Å². The molecule has 0 aromatic heterocycles. The molecule has 0 N–H and O–H groups in total. The number of nitro groups is 2. The number of hydrogen-bond donors (Lipinski definition) is 0. The molecule has 0 saturated carbocycles. The Balaban J connectivity index is 1.68. The molecule has 30 heavy (non-hydrogen) atoms. The van der Waals surface area contributed by atoms with Crippen LogP contribution in [0.5, 0.6) is 0 Å². The molecule has 0 unspecified atom stereocenters. The lowest BCUT2D eigenvalue weighted by Crippen LogP contribution is -2.06. The molecular weight excluding hydrogens is 392 g/mol. The third-order valence-corrected chi connectivity index (χ3v) is 3.96. The van der Waals surface area contributed by atoms with Crippen molar-refractivity contribution in [2.24, 2.45) is 9.98 Å². The zero-order valence-corrected chi connectivity index (χ0v) is 15.2. The molecule has 0 spiro atoms. The molecule has 1 aliphatic rings. The van der Waals surface area contributed by atoms with E-state index in [-0.39, 0.29) is 22.5 Å². The van der Waals surface area contributed by atoms with Crippen LogP contribution in [0.1, 0.15) is 20.7 Å². The van der Waals surface area contributed by atoms with Crippen LogP contribution in [-0.2, 0) is 0 Å². The first-order valence-electron chi connectivity index (χ1n) is 8.44. The van der Waals surface area contributed by atoms with Crippen LogP contribution in [0.3, 0.4) is 0 Å². The lowest BCUT2D eigenvalue weighted by Gasteiger charge is -2.03. The Morgan fingerprint density at radius 2 is 0.900 bits per heavy atom. The summed E-state index contributed by atoms with van der Waals surface area (Å²) in [7, 11) is 0. The normalized spacial score (nSPS) is 12.4. The smallest absolute Gasteiger partial charge is 0.267 e. The average molecular weight is 404 g/mol. The number of non-ortho nitro benzene ring substituents is 2. The molecule has 2 aromatic rings. The molecular formula is C20H12N4O6. The molecule has 10 nitrogen and oxygen atoms in total.